The third kappa shape index (κ3) is 3.37. The van der Waals surface area contributed by atoms with Crippen molar-refractivity contribution < 1.29 is 0 Å². The van der Waals surface area contributed by atoms with Crippen LogP contribution in [-0.2, 0) is 0 Å². The Kier molecular flexibility index (Phi) is 4.56. The molecule has 4 nitrogen and oxygen atoms in total. The van der Waals surface area contributed by atoms with E-state index in [2.05, 4.69) is 32.6 Å². The Morgan fingerprint density at radius 3 is 2.41 bits per heavy atom. The summed E-state index contributed by atoms with van der Waals surface area (Å²) in [4.78, 5) is 9.91. The normalized spacial score (nSPS) is 11.2. The number of nitrogens with one attached hydrogen (secondary N) is 1. The van der Waals surface area contributed by atoms with Gasteiger partial charge >= 0.3 is 0 Å². The predicted molar refractivity (Wildman–Crippen MR) is 94.0 cm³/mol. The molecule has 6 heteroatoms. The fourth-order valence-corrected chi connectivity index (χ4v) is 2.49. The van der Waals surface area contributed by atoms with E-state index in [0.717, 1.165) is 16.6 Å². The van der Waals surface area contributed by atoms with Crippen molar-refractivity contribution in [3.05, 3.63) is 59.2 Å². The van der Waals surface area contributed by atoms with E-state index >= 15 is 0 Å². The number of hydrogen-bond acceptors (Lipinski definition) is 5. The van der Waals surface area contributed by atoms with Gasteiger partial charge < -0.3 is 0 Å². The number of anilines is 1. The minimum Gasteiger partial charge on any atom is -0.259 e. The van der Waals surface area contributed by atoms with Crippen molar-refractivity contribution in [2.45, 2.75) is 4.90 Å². The summed E-state index contributed by atoms with van der Waals surface area (Å²) < 4.78 is 0. The zero-order chi connectivity index (χ0) is 15.4. The largest absolute Gasteiger partial charge is 0.259 e. The second-order valence-electron chi connectivity index (χ2n) is 4.49. The summed E-state index contributed by atoms with van der Waals surface area (Å²) >= 11 is 7.82. The molecule has 0 atom stereocenters. The molecule has 0 fully saturated rings. The molecule has 0 bridgehead atoms. The van der Waals surface area contributed by atoms with Crippen LogP contribution in [0.4, 0.5) is 5.82 Å². The van der Waals surface area contributed by atoms with Gasteiger partial charge in [0.2, 0.25) is 0 Å². The molecule has 0 spiro atoms. The monoisotopic (exact) mass is 328 g/mol. The number of aromatic nitrogens is 2. The maximum absolute atomic E-state index is 6.11. The van der Waals surface area contributed by atoms with Crippen molar-refractivity contribution in [3.8, 4) is 0 Å². The first-order valence-corrected chi connectivity index (χ1v) is 8.22. The van der Waals surface area contributed by atoms with Crippen LogP contribution in [0.25, 0.3) is 11.0 Å². The molecule has 22 heavy (non-hydrogen) atoms. The molecule has 110 valence electrons. The summed E-state index contributed by atoms with van der Waals surface area (Å²) in [6.07, 6.45) is 3.77. The average molecular weight is 329 g/mol. The van der Waals surface area contributed by atoms with E-state index in [1.165, 1.54) is 4.90 Å². The number of para-hydroxylation sites is 2. The molecular weight excluding hydrogens is 316 g/mol. The fourth-order valence-electron chi connectivity index (χ4n) is 1.91. The van der Waals surface area contributed by atoms with Crippen LogP contribution in [0.15, 0.2) is 58.5 Å². The van der Waals surface area contributed by atoms with Crippen LogP contribution in [0.2, 0.25) is 5.15 Å². The average Bonchev–Trinajstić information content (AvgIpc) is 2.56. The molecule has 0 aliphatic rings. The van der Waals surface area contributed by atoms with Crippen molar-refractivity contribution in [1.29, 1.82) is 0 Å². The van der Waals surface area contributed by atoms with Crippen molar-refractivity contribution in [2.24, 2.45) is 5.10 Å². The van der Waals surface area contributed by atoms with Crippen LogP contribution < -0.4 is 5.43 Å². The Morgan fingerprint density at radius 1 is 1.05 bits per heavy atom. The molecule has 0 saturated carbocycles. The fraction of sp³-hybridized carbons (Fsp3) is 0.0625. The zero-order valence-corrected chi connectivity index (χ0v) is 13.4. The number of halogens is 1. The first-order chi connectivity index (χ1) is 10.8. The summed E-state index contributed by atoms with van der Waals surface area (Å²) in [5, 5.41) is 4.47. The number of fused-ring (bicyclic) bond motifs is 1. The second kappa shape index (κ2) is 6.77. The van der Waals surface area contributed by atoms with Crippen LogP contribution in [0.1, 0.15) is 5.56 Å². The van der Waals surface area contributed by atoms with Crippen LogP contribution >= 0.6 is 23.4 Å². The Bertz CT molecular complexity index is 818. The third-order valence-electron chi connectivity index (χ3n) is 3.03. The molecule has 0 amide bonds. The highest BCUT2D eigenvalue weighted by Crippen LogP contribution is 2.21. The molecule has 1 N–H and O–H groups in total. The molecular formula is C16H13ClN4S. The van der Waals surface area contributed by atoms with E-state index in [0.29, 0.717) is 11.0 Å². The molecule has 1 heterocycles. The van der Waals surface area contributed by atoms with Gasteiger partial charge in [0.25, 0.3) is 0 Å². The first kappa shape index (κ1) is 14.8. The second-order valence-corrected chi connectivity index (χ2v) is 5.73. The first-order valence-electron chi connectivity index (χ1n) is 6.61. The Morgan fingerprint density at radius 2 is 1.73 bits per heavy atom. The highest BCUT2D eigenvalue weighted by atomic mass is 35.5. The van der Waals surface area contributed by atoms with Crippen LogP contribution in [0.3, 0.4) is 0 Å². The summed E-state index contributed by atoms with van der Waals surface area (Å²) in [5.41, 5.74) is 5.37. The van der Waals surface area contributed by atoms with Gasteiger partial charge in [0, 0.05) is 4.90 Å². The summed E-state index contributed by atoms with van der Waals surface area (Å²) in [6.45, 7) is 0. The number of benzene rings is 2. The van der Waals surface area contributed by atoms with Gasteiger partial charge in [-0.2, -0.15) is 5.10 Å². The van der Waals surface area contributed by atoms with Crippen molar-refractivity contribution in [1.82, 2.24) is 9.97 Å². The van der Waals surface area contributed by atoms with Gasteiger partial charge in [0.1, 0.15) is 0 Å². The van der Waals surface area contributed by atoms with Gasteiger partial charge in [-0.05, 0) is 36.1 Å². The van der Waals surface area contributed by atoms with Crippen molar-refractivity contribution in [2.75, 3.05) is 11.7 Å². The molecule has 1 aromatic heterocycles. The maximum Gasteiger partial charge on any atom is 0.185 e. The van der Waals surface area contributed by atoms with Crippen molar-refractivity contribution in [3.63, 3.8) is 0 Å². The Hall–Kier alpha value is -2.11. The number of thioether (sulfide) groups is 1. The van der Waals surface area contributed by atoms with Gasteiger partial charge in [0.15, 0.2) is 11.0 Å². The van der Waals surface area contributed by atoms with Crippen LogP contribution in [0.5, 0.6) is 0 Å². The molecule has 0 aliphatic carbocycles. The van der Waals surface area contributed by atoms with E-state index in [9.17, 15) is 0 Å². The highest BCUT2D eigenvalue weighted by molar-refractivity contribution is 7.98. The number of rotatable bonds is 4. The van der Waals surface area contributed by atoms with Crippen LogP contribution in [0, 0.1) is 0 Å². The molecule has 0 saturated heterocycles. The minimum absolute atomic E-state index is 0.300. The summed E-state index contributed by atoms with van der Waals surface area (Å²) in [5.74, 6) is 0.442. The number of hydrogen-bond donors (Lipinski definition) is 1. The molecule has 3 aromatic rings. The zero-order valence-electron chi connectivity index (χ0n) is 11.8. The van der Waals surface area contributed by atoms with Crippen molar-refractivity contribution >= 4 is 46.4 Å². The quantitative estimate of drug-likeness (QED) is 0.436. The number of nitrogens with zero attached hydrogens (tertiary/aromatic N) is 3. The lowest BCUT2D eigenvalue weighted by Crippen LogP contribution is -1.97. The van der Waals surface area contributed by atoms with E-state index < -0.39 is 0 Å². The molecule has 2 aromatic carbocycles. The predicted octanol–water partition coefficient (Wildman–Crippen LogP) is 4.45. The van der Waals surface area contributed by atoms with Gasteiger partial charge in [-0.25, -0.2) is 9.97 Å². The summed E-state index contributed by atoms with van der Waals surface area (Å²) in [6, 6.07) is 15.7. The Balaban J connectivity index is 1.77. The Labute approximate surface area is 137 Å². The molecule has 0 unspecified atom stereocenters. The molecule has 0 aliphatic heterocycles. The van der Waals surface area contributed by atoms with E-state index in [1.807, 2.05) is 42.7 Å². The summed E-state index contributed by atoms with van der Waals surface area (Å²) in [7, 11) is 0. The van der Waals surface area contributed by atoms with Gasteiger partial charge in [-0.3, -0.25) is 5.43 Å². The molecule has 3 rings (SSSR count). The maximum atomic E-state index is 6.11. The highest BCUT2D eigenvalue weighted by Gasteiger charge is 2.05. The topological polar surface area (TPSA) is 50.2 Å². The van der Waals surface area contributed by atoms with E-state index in [4.69, 9.17) is 11.6 Å². The lowest BCUT2D eigenvalue weighted by molar-refractivity contribution is 1.22. The standard InChI is InChI=1S/C16H13ClN4S/c1-22-12-8-6-11(7-9-12)10-18-21-16-15(17)19-13-4-2-3-5-14(13)20-16/h2-10H,1H3,(H,20,21)/b18-10+. The van der Waals surface area contributed by atoms with Gasteiger partial charge in [-0.15, -0.1) is 11.8 Å². The number of hydrazone groups is 1. The SMILES string of the molecule is CSc1ccc(/C=N/Nc2nc3ccccc3nc2Cl)cc1. The lowest BCUT2D eigenvalue weighted by atomic mass is 10.2. The van der Waals surface area contributed by atoms with Gasteiger partial charge in [-0.1, -0.05) is 35.9 Å². The van der Waals surface area contributed by atoms with Gasteiger partial charge in [0.05, 0.1) is 17.2 Å². The minimum atomic E-state index is 0.300. The van der Waals surface area contributed by atoms with Crippen LogP contribution in [-0.4, -0.2) is 22.4 Å². The molecule has 0 radical (unpaired) electrons. The lowest BCUT2D eigenvalue weighted by Gasteiger charge is -2.04. The third-order valence-corrected chi connectivity index (χ3v) is 4.03. The van der Waals surface area contributed by atoms with E-state index in [-0.39, 0.29) is 0 Å². The van der Waals surface area contributed by atoms with E-state index in [1.54, 1.807) is 18.0 Å². The smallest absolute Gasteiger partial charge is 0.185 e.